The van der Waals surface area contributed by atoms with Crippen molar-refractivity contribution in [3.05, 3.63) is 23.8 Å². The normalized spacial score (nSPS) is 24.8. The standard InChI is InChI=1S/C15H18BrNO3/c1-10-4-5-17(12(10)9-16)15(18)11-2-3-13-14(8-11)20-7-6-19-13/h2-3,8,10,12H,4-7,9H2,1H3. The zero-order valence-electron chi connectivity index (χ0n) is 11.5. The second kappa shape index (κ2) is 5.64. The van der Waals surface area contributed by atoms with E-state index in [1.807, 2.05) is 17.0 Å². The molecule has 2 aliphatic heterocycles. The summed E-state index contributed by atoms with van der Waals surface area (Å²) in [4.78, 5) is 14.6. The average molecular weight is 340 g/mol. The van der Waals surface area contributed by atoms with Crippen molar-refractivity contribution in [1.82, 2.24) is 4.90 Å². The maximum absolute atomic E-state index is 12.7. The highest BCUT2D eigenvalue weighted by Gasteiger charge is 2.34. The number of hydrogen-bond acceptors (Lipinski definition) is 3. The number of benzene rings is 1. The van der Waals surface area contributed by atoms with Crippen LogP contribution in [0.5, 0.6) is 11.5 Å². The molecule has 1 fully saturated rings. The highest BCUT2D eigenvalue weighted by atomic mass is 79.9. The minimum atomic E-state index is 0.0794. The molecule has 0 bridgehead atoms. The molecule has 2 aliphatic rings. The molecule has 1 aromatic carbocycles. The van der Waals surface area contributed by atoms with E-state index in [-0.39, 0.29) is 11.9 Å². The Morgan fingerprint density at radius 1 is 1.35 bits per heavy atom. The summed E-state index contributed by atoms with van der Waals surface area (Å²) < 4.78 is 11.0. The fraction of sp³-hybridized carbons (Fsp3) is 0.533. The van der Waals surface area contributed by atoms with Crippen molar-refractivity contribution in [3.8, 4) is 11.5 Å². The zero-order valence-corrected chi connectivity index (χ0v) is 13.1. The molecule has 2 atom stereocenters. The maximum Gasteiger partial charge on any atom is 0.254 e. The molecule has 20 heavy (non-hydrogen) atoms. The summed E-state index contributed by atoms with van der Waals surface area (Å²) in [5.41, 5.74) is 0.675. The molecule has 2 unspecified atom stereocenters. The van der Waals surface area contributed by atoms with Crippen molar-refractivity contribution < 1.29 is 14.3 Å². The van der Waals surface area contributed by atoms with Crippen molar-refractivity contribution in [3.63, 3.8) is 0 Å². The lowest BCUT2D eigenvalue weighted by molar-refractivity contribution is 0.0737. The van der Waals surface area contributed by atoms with Gasteiger partial charge < -0.3 is 14.4 Å². The van der Waals surface area contributed by atoms with Gasteiger partial charge in [-0.1, -0.05) is 22.9 Å². The Morgan fingerprint density at radius 2 is 2.10 bits per heavy atom. The number of nitrogens with zero attached hydrogens (tertiary/aromatic N) is 1. The zero-order chi connectivity index (χ0) is 14.1. The van der Waals surface area contributed by atoms with Gasteiger partial charge in [0.05, 0.1) is 0 Å². The van der Waals surface area contributed by atoms with Crippen molar-refractivity contribution in [2.24, 2.45) is 5.92 Å². The molecule has 0 spiro atoms. The molecule has 0 aliphatic carbocycles. The highest BCUT2D eigenvalue weighted by molar-refractivity contribution is 9.09. The molecule has 1 saturated heterocycles. The molecule has 1 amide bonds. The minimum Gasteiger partial charge on any atom is -0.486 e. The van der Waals surface area contributed by atoms with Crippen LogP contribution in [0.3, 0.4) is 0 Å². The van der Waals surface area contributed by atoms with Gasteiger partial charge in [-0.15, -0.1) is 0 Å². The van der Waals surface area contributed by atoms with E-state index < -0.39 is 0 Å². The Kier molecular flexibility index (Phi) is 3.87. The number of fused-ring (bicyclic) bond motifs is 1. The maximum atomic E-state index is 12.7. The third-order valence-electron chi connectivity index (χ3n) is 4.09. The first-order chi connectivity index (χ1) is 9.70. The smallest absolute Gasteiger partial charge is 0.254 e. The molecule has 0 N–H and O–H groups in total. The third kappa shape index (κ3) is 2.39. The van der Waals surface area contributed by atoms with Crippen LogP contribution in [0, 0.1) is 5.92 Å². The summed E-state index contributed by atoms with van der Waals surface area (Å²) in [6.45, 7) is 4.12. The molecular weight excluding hydrogens is 322 g/mol. The fourth-order valence-corrected chi connectivity index (χ4v) is 3.83. The number of alkyl halides is 1. The summed E-state index contributed by atoms with van der Waals surface area (Å²) in [5, 5.41) is 0.824. The SMILES string of the molecule is CC1CCN(C(=O)c2ccc3c(c2)OCCO3)C1CBr. The van der Waals surface area contributed by atoms with Crippen molar-refractivity contribution >= 4 is 21.8 Å². The van der Waals surface area contributed by atoms with E-state index in [0.29, 0.717) is 30.4 Å². The van der Waals surface area contributed by atoms with E-state index in [2.05, 4.69) is 22.9 Å². The largest absolute Gasteiger partial charge is 0.486 e. The summed E-state index contributed by atoms with van der Waals surface area (Å²) in [7, 11) is 0. The second-order valence-electron chi connectivity index (χ2n) is 5.34. The van der Waals surface area contributed by atoms with Gasteiger partial charge in [0, 0.05) is 23.5 Å². The minimum absolute atomic E-state index is 0.0794. The summed E-state index contributed by atoms with van der Waals surface area (Å²) >= 11 is 3.52. The first-order valence-electron chi connectivity index (χ1n) is 6.97. The van der Waals surface area contributed by atoms with Gasteiger partial charge in [-0.2, -0.15) is 0 Å². The Hall–Kier alpha value is -1.23. The number of likely N-dealkylation sites (tertiary alicyclic amines) is 1. The molecule has 108 valence electrons. The molecule has 0 saturated carbocycles. The average Bonchev–Trinajstić information content (AvgIpc) is 2.86. The summed E-state index contributed by atoms with van der Waals surface area (Å²) in [6.07, 6.45) is 1.06. The highest BCUT2D eigenvalue weighted by Crippen LogP contribution is 2.33. The van der Waals surface area contributed by atoms with Crippen LogP contribution in [0.25, 0.3) is 0 Å². The molecular formula is C15H18BrNO3. The molecule has 4 nitrogen and oxygen atoms in total. The van der Waals surface area contributed by atoms with Gasteiger partial charge in [0.2, 0.25) is 0 Å². The van der Waals surface area contributed by atoms with E-state index in [1.165, 1.54) is 0 Å². The van der Waals surface area contributed by atoms with Crippen LogP contribution in [0.4, 0.5) is 0 Å². The summed E-state index contributed by atoms with van der Waals surface area (Å²) in [6, 6.07) is 5.72. The number of carbonyl (C=O) groups is 1. The van der Waals surface area contributed by atoms with Gasteiger partial charge in [0.1, 0.15) is 13.2 Å². The number of halogens is 1. The van der Waals surface area contributed by atoms with E-state index in [0.717, 1.165) is 24.0 Å². The predicted molar refractivity (Wildman–Crippen MR) is 79.8 cm³/mol. The molecule has 2 heterocycles. The predicted octanol–water partition coefficient (Wildman–Crippen LogP) is 2.70. The molecule has 3 rings (SSSR count). The van der Waals surface area contributed by atoms with Crippen LogP contribution < -0.4 is 9.47 Å². The van der Waals surface area contributed by atoms with Crippen LogP contribution in [-0.2, 0) is 0 Å². The first-order valence-corrected chi connectivity index (χ1v) is 8.09. The van der Waals surface area contributed by atoms with Crippen molar-refractivity contribution in [2.75, 3.05) is 25.1 Å². The van der Waals surface area contributed by atoms with E-state index in [1.54, 1.807) is 6.07 Å². The van der Waals surface area contributed by atoms with Crippen LogP contribution in [0.1, 0.15) is 23.7 Å². The van der Waals surface area contributed by atoms with Crippen LogP contribution >= 0.6 is 15.9 Å². The lowest BCUT2D eigenvalue weighted by Crippen LogP contribution is -2.38. The molecule has 0 radical (unpaired) electrons. The molecule has 0 aromatic heterocycles. The van der Waals surface area contributed by atoms with E-state index >= 15 is 0 Å². The first kappa shape index (κ1) is 13.7. The number of carbonyl (C=O) groups excluding carboxylic acids is 1. The Morgan fingerprint density at radius 3 is 2.85 bits per heavy atom. The lowest BCUT2D eigenvalue weighted by atomic mass is 10.0. The molecule has 1 aromatic rings. The summed E-state index contributed by atoms with van der Waals surface area (Å²) in [5.74, 6) is 2.01. The van der Waals surface area contributed by atoms with Gasteiger partial charge in [-0.05, 0) is 30.5 Å². The van der Waals surface area contributed by atoms with Crippen LogP contribution in [-0.4, -0.2) is 41.9 Å². The van der Waals surface area contributed by atoms with Gasteiger partial charge in [-0.3, -0.25) is 4.79 Å². The number of hydrogen-bond donors (Lipinski definition) is 0. The number of amides is 1. The fourth-order valence-electron chi connectivity index (χ4n) is 2.84. The quantitative estimate of drug-likeness (QED) is 0.777. The topological polar surface area (TPSA) is 38.8 Å². The molecule has 5 heteroatoms. The van der Waals surface area contributed by atoms with Gasteiger partial charge in [0.15, 0.2) is 11.5 Å². The van der Waals surface area contributed by atoms with E-state index in [9.17, 15) is 4.79 Å². The Bertz CT molecular complexity index is 520. The Balaban J connectivity index is 1.83. The third-order valence-corrected chi connectivity index (χ3v) is 4.75. The second-order valence-corrected chi connectivity index (χ2v) is 5.99. The van der Waals surface area contributed by atoms with Crippen molar-refractivity contribution in [1.29, 1.82) is 0 Å². The number of rotatable bonds is 2. The lowest BCUT2D eigenvalue weighted by Gasteiger charge is -2.26. The monoisotopic (exact) mass is 339 g/mol. The van der Waals surface area contributed by atoms with Gasteiger partial charge in [0.25, 0.3) is 5.91 Å². The van der Waals surface area contributed by atoms with Crippen LogP contribution in [0.2, 0.25) is 0 Å². The van der Waals surface area contributed by atoms with E-state index in [4.69, 9.17) is 9.47 Å². The van der Waals surface area contributed by atoms with Gasteiger partial charge in [-0.25, -0.2) is 0 Å². The van der Waals surface area contributed by atoms with Gasteiger partial charge >= 0.3 is 0 Å². The number of ether oxygens (including phenoxy) is 2. The Labute approximate surface area is 127 Å². The van der Waals surface area contributed by atoms with Crippen LogP contribution in [0.15, 0.2) is 18.2 Å². The van der Waals surface area contributed by atoms with Crippen molar-refractivity contribution in [2.45, 2.75) is 19.4 Å².